The second-order valence-corrected chi connectivity index (χ2v) is 1.06. The molecule has 0 aliphatic carbocycles. The third-order valence-corrected chi connectivity index (χ3v) is 0.498. The summed E-state index contributed by atoms with van der Waals surface area (Å²) in [6.07, 6.45) is 1.86. The molecule has 0 heterocycles. The molecule has 0 aromatic carbocycles. The Hall–Kier alpha value is 1.49. The summed E-state index contributed by atoms with van der Waals surface area (Å²) in [5, 5.41) is 9.53. The number of rotatable bonds is 2. The largest absolute Gasteiger partial charge is 2.00 e. The van der Waals surface area contributed by atoms with Crippen LogP contribution in [0.3, 0.4) is 0 Å². The van der Waals surface area contributed by atoms with Crippen molar-refractivity contribution in [2.45, 2.75) is 19.8 Å². The maximum Gasteiger partial charge on any atom is 2.00 e. The Morgan fingerprint density at radius 1 is 1.43 bits per heavy atom. The second-order valence-electron chi connectivity index (χ2n) is 1.06. The second kappa shape index (κ2) is 15.6. The Bertz CT molecular complexity index is 17.2. The number of unbranched alkanes of at least 4 members (excludes halogenated alkanes) is 1. The average molecular weight is 227 g/mol. The molecule has 0 atom stereocenters. The van der Waals surface area contributed by atoms with Crippen LogP contribution < -0.4 is 5.11 Å². The van der Waals surface area contributed by atoms with Crippen molar-refractivity contribution in [3.8, 4) is 0 Å². The van der Waals surface area contributed by atoms with Crippen molar-refractivity contribution in [3.05, 3.63) is 0 Å². The maximum atomic E-state index is 9.53. The fourth-order valence-electron chi connectivity index (χ4n) is 0.144. The third kappa shape index (κ3) is 18.5. The zero-order valence-electron chi connectivity index (χ0n) is 4.68. The Kier molecular flexibility index (Phi) is 35.3. The molecule has 0 saturated carbocycles. The van der Waals surface area contributed by atoms with E-state index in [-0.39, 0.29) is 61.0 Å². The van der Waals surface area contributed by atoms with Crippen LogP contribution in [-0.4, -0.2) is 61.0 Å². The zero-order chi connectivity index (χ0) is 4.12. The molecule has 0 saturated heterocycles. The molecule has 0 unspecified atom stereocenters. The molecular weight excluding hydrogens is 217 g/mol. The molecule has 1 N–H and O–H groups in total. The molecule has 7 heavy (non-hydrogen) atoms. The maximum absolute atomic E-state index is 9.53. The van der Waals surface area contributed by atoms with Gasteiger partial charge in [0.1, 0.15) is 0 Å². The Balaban J connectivity index is -0.0000000800. The van der Waals surface area contributed by atoms with E-state index in [2.05, 4.69) is 0 Å². The Morgan fingerprint density at radius 2 is 1.86 bits per heavy atom. The van der Waals surface area contributed by atoms with E-state index in [1.807, 2.05) is 6.92 Å². The van der Waals surface area contributed by atoms with Gasteiger partial charge in [0.25, 0.3) is 0 Å². The van der Waals surface area contributed by atoms with Crippen LogP contribution in [0.2, 0.25) is 0 Å². The molecule has 40 valence electrons. The number of hydrogen-bond donors (Lipinski definition) is 0. The predicted molar refractivity (Wildman–Crippen MR) is 27.5 cm³/mol. The van der Waals surface area contributed by atoms with Gasteiger partial charge in [-0.3, -0.25) is 0 Å². The minimum atomic E-state index is 0. The monoisotopic (exact) mass is 228 g/mol. The van der Waals surface area contributed by atoms with Gasteiger partial charge >= 0.3 is 48.9 Å². The van der Waals surface area contributed by atoms with E-state index in [1.165, 1.54) is 0 Å². The van der Waals surface area contributed by atoms with Crippen LogP contribution in [0.25, 0.3) is 0 Å². The van der Waals surface area contributed by atoms with Crippen LogP contribution >= 0.6 is 0 Å². The third-order valence-electron chi connectivity index (χ3n) is 0.498. The van der Waals surface area contributed by atoms with Gasteiger partial charge in [0.05, 0.1) is 0 Å². The van der Waals surface area contributed by atoms with Gasteiger partial charge in [0.2, 0.25) is 0 Å². The van der Waals surface area contributed by atoms with Crippen molar-refractivity contribution in [2.75, 3.05) is 6.61 Å². The summed E-state index contributed by atoms with van der Waals surface area (Å²) in [4.78, 5) is 0. The minimum Gasteiger partial charge on any atom is -0.870 e. The summed E-state index contributed by atoms with van der Waals surface area (Å²) in [7, 11) is 0. The van der Waals surface area contributed by atoms with Gasteiger partial charge in [-0.05, 0) is 0 Å². The normalized spacial score (nSPS) is 6.00. The molecule has 0 radical (unpaired) electrons. The molecular formula is C4H10BaO2. The van der Waals surface area contributed by atoms with E-state index in [0.717, 1.165) is 12.8 Å². The minimum absolute atomic E-state index is 0. The molecule has 0 spiro atoms. The van der Waals surface area contributed by atoms with Crippen molar-refractivity contribution in [3.63, 3.8) is 0 Å². The van der Waals surface area contributed by atoms with Gasteiger partial charge in [-0.2, -0.15) is 0 Å². The summed E-state index contributed by atoms with van der Waals surface area (Å²) in [6, 6.07) is 0. The SMILES string of the molecule is CCCC[O-].[Ba+2].[OH-]. The van der Waals surface area contributed by atoms with Crippen LogP contribution in [0.15, 0.2) is 0 Å². The average Bonchev–Trinajstić information content (AvgIpc) is 1.41. The van der Waals surface area contributed by atoms with Gasteiger partial charge in [-0.15, -0.1) is 6.61 Å². The molecule has 2 nitrogen and oxygen atoms in total. The van der Waals surface area contributed by atoms with Gasteiger partial charge in [-0.1, -0.05) is 19.8 Å². The predicted octanol–water partition coefficient (Wildman–Crippen LogP) is -0.411. The fourth-order valence-corrected chi connectivity index (χ4v) is 0.144. The van der Waals surface area contributed by atoms with E-state index in [4.69, 9.17) is 0 Å². The summed E-state index contributed by atoms with van der Waals surface area (Å²) in [5.41, 5.74) is 0. The standard InChI is InChI=1S/C4H9O.Ba.H2O/c1-2-3-4-5;;/h2-4H2,1H3;;1H2/q-1;+2;/p-1. The van der Waals surface area contributed by atoms with E-state index in [9.17, 15) is 5.11 Å². The van der Waals surface area contributed by atoms with E-state index in [0.29, 0.717) is 0 Å². The van der Waals surface area contributed by atoms with Gasteiger partial charge < -0.3 is 10.6 Å². The van der Waals surface area contributed by atoms with Gasteiger partial charge in [0.15, 0.2) is 0 Å². The molecule has 0 fully saturated rings. The van der Waals surface area contributed by atoms with Crippen molar-refractivity contribution < 1.29 is 10.6 Å². The quantitative estimate of drug-likeness (QED) is 0.602. The van der Waals surface area contributed by atoms with E-state index < -0.39 is 0 Å². The fraction of sp³-hybridized carbons (Fsp3) is 1.00. The van der Waals surface area contributed by atoms with E-state index >= 15 is 0 Å². The first kappa shape index (κ1) is 15.8. The molecule has 0 bridgehead atoms. The molecule has 0 amide bonds. The first-order chi connectivity index (χ1) is 2.41. The first-order valence-electron chi connectivity index (χ1n) is 2.00. The van der Waals surface area contributed by atoms with Crippen LogP contribution in [0.5, 0.6) is 0 Å². The van der Waals surface area contributed by atoms with Crippen LogP contribution in [-0.2, 0) is 0 Å². The smallest absolute Gasteiger partial charge is 0.870 e. The van der Waals surface area contributed by atoms with Crippen molar-refractivity contribution in [1.29, 1.82) is 0 Å². The van der Waals surface area contributed by atoms with Crippen LogP contribution in [0, 0.1) is 0 Å². The first-order valence-corrected chi connectivity index (χ1v) is 2.00. The van der Waals surface area contributed by atoms with E-state index in [1.54, 1.807) is 0 Å². The zero-order valence-corrected chi connectivity index (χ0v) is 9.12. The Morgan fingerprint density at radius 3 is 1.86 bits per heavy atom. The molecule has 0 rings (SSSR count). The van der Waals surface area contributed by atoms with Crippen molar-refractivity contribution >= 4 is 48.9 Å². The molecule has 0 aromatic heterocycles. The van der Waals surface area contributed by atoms with Crippen LogP contribution in [0.4, 0.5) is 0 Å². The molecule has 0 aromatic rings. The topological polar surface area (TPSA) is 53.1 Å². The summed E-state index contributed by atoms with van der Waals surface area (Å²) in [5.74, 6) is 0. The molecule has 0 aliphatic rings. The van der Waals surface area contributed by atoms with Gasteiger partial charge in [-0.25, -0.2) is 0 Å². The van der Waals surface area contributed by atoms with Crippen molar-refractivity contribution in [1.82, 2.24) is 0 Å². The summed E-state index contributed by atoms with van der Waals surface area (Å²) < 4.78 is 0. The van der Waals surface area contributed by atoms with Gasteiger partial charge in [0, 0.05) is 0 Å². The summed E-state index contributed by atoms with van der Waals surface area (Å²) in [6.45, 7) is 2.11. The Labute approximate surface area is 84.7 Å². The molecule has 3 heteroatoms. The van der Waals surface area contributed by atoms with Crippen LogP contribution in [0.1, 0.15) is 19.8 Å². The number of hydrogen-bond acceptors (Lipinski definition) is 2. The molecule has 0 aliphatic heterocycles. The summed E-state index contributed by atoms with van der Waals surface area (Å²) >= 11 is 0. The van der Waals surface area contributed by atoms with Crippen molar-refractivity contribution in [2.24, 2.45) is 0 Å².